The fourth-order valence-electron chi connectivity index (χ4n) is 3.26. The SMILES string of the molecule is CCOC(=O)C1=C(C(=O)OCC)SC(=c2c(=O)c3cccc4cccc2c43)S1. The summed E-state index contributed by atoms with van der Waals surface area (Å²) >= 11 is 2.21. The standard InChI is InChI=1S/C21H16O5S2/c1-3-25-19(23)17-18(20(24)26-4-2)28-21(27-17)15-12-9-5-7-11-8-6-10-13(14(11)12)16(15)22/h5-10H,3-4H2,1-2H3. The van der Waals surface area contributed by atoms with Crippen LogP contribution in [0.5, 0.6) is 0 Å². The zero-order valence-electron chi connectivity index (χ0n) is 15.2. The van der Waals surface area contributed by atoms with Crippen LogP contribution in [-0.4, -0.2) is 25.2 Å². The van der Waals surface area contributed by atoms with E-state index in [9.17, 15) is 14.4 Å². The quantitative estimate of drug-likeness (QED) is 0.609. The van der Waals surface area contributed by atoms with Gasteiger partial charge in [-0.25, -0.2) is 9.59 Å². The summed E-state index contributed by atoms with van der Waals surface area (Å²) in [6.07, 6.45) is 0. The second-order valence-corrected chi connectivity index (χ2v) is 8.30. The van der Waals surface area contributed by atoms with Crippen molar-refractivity contribution in [1.29, 1.82) is 0 Å². The van der Waals surface area contributed by atoms with Crippen molar-refractivity contribution in [3.8, 4) is 0 Å². The first-order valence-electron chi connectivity index (χ1n) is 8.82. The molecule has 0 aliphatic carbocycles. The Labute approximate surface area is 169 Å². The van der Waals surface area contributed by atoms with Gasteiger partial charge in [-0.1, -0.05) is 59.9 Å². The van der Waals surface area contributed by atoms with Crippen LogP contribution >= 0.6 is 23.5 Å². The first-order chi connectivity index (χ1) is 13.6. The summed E-state index contributed by atoms with van der Waals surface area (Å²) in [6.45, 7) is 3.79. The molecule has 0 fully saturated rings. The van der Waals surface area contributed by atoms with E-state index in [0.29, 0.717) is 14.8 Å². The first-order valence-corrected chi connectivity index (χ1v) is 10.4. The lowest BCUT2D eigenvalue weighted by molar-refractivity contribution is -0.140. The van der Waals surface area contributed by atoms with E-state index in [4.69, 9.17) is 9.47 Å². The highest BCUT2D eigenvalue weighted by Gasteiger charge is 2.34. The number of hydrogen-bond acceptors (Lipinski definition) is 7. The van der Waals surface area contributed by atoms with E-state index < -0.39 is 11.9 Å². The topological polar surface area (TPSA) is 69.7 Å². The monoisotopic (exact) mass is 412 g/mol. The third kappa shape index (κ3) is 2.95. The van der Waals surface area contributed by atoms with Gasteiger partial charge in [-0.15, -0.1) is 0 Å². The van der Waals surface area contributed by atoms with Crippen LogP contribution in [0.1, 0.15) is 13.8 Å². The summed E-state index contributed by atoms with van der Waals surface area (Å²) in [5.41, 5.74) is -0.102. The molecule has 4 rings (SSSR count). The lowest BCUT2D eigenvalue weighted by Crippen LogP contribution is -2.20. The van der Waals surface area contributed by atoms with Gasteiger partial charge in [-0.3, -0.25) is 4.79 Å². The van der Waals surface area contributed by atoms with Crippen molar-refractivity contribution < 1.29 is 19.1 Å². The van der Waals surface area contributed by atoms with Crippen LogP contribution < -0.4 is 10.6 Å². The lowest BCUT2D eigenvalue weighted by Gasteiger charge is -2.04. The van der Waals surface area contributed by atoms with Gasteiger partial charge in [0.15, 0.2) is 5.43 Å². The molecule has 5 nitrogen and oxygen atoms in total. The number of thioether (sulfide) groups is 2. The van der Waals surface area contributed by atoms with Crippen molar-refractivity contribution in [2.75, 3.05) is 13.2 Å². The Morgan fingerprint density at radius 2 is 1.39 bits per heavy atom. The van der Waals surface area contributed by atoms with Crippen molar-refractivity contribution in [2.24, 2.45) is 0 Å². The molecule has 0 amide bonds. The fraction of sp³-hybridized carbons (Fsp3) is 0.190. The van der Waals surface area contributed by atoms with Crippen LogP contribution in [-0.2, 0) is 19.1 Å². The molecule has 142 valence electrons. The lowest BCUT2D eigenvalue weighted by atomic mass is 10.1. The van der Waals surface area contributed by atoms with E-state index in [1.54, 1.807) is 19.9 Å². The van der Waals surface area contributed by atoms with Crippen LogP contribution in [0.4, 0.5) is 0 Å². The molecule has 0 atom stereocenters. The Hall–Kier alpha value is -2.51. The molecule has 7 heteroatoms. The highest BCUT2D eigenvalue weighted by Crippen LogP contribution is 2.50. The van der Waals surface area contributed by atoms with Gasteiger partial charge in [0.1, 0.15) is 9.81 Å². The molecule has 0 bridgehead atoms. The minimum Gasteiger partial charge on any atom is -0.462 e. The van der Waals surface area contributed by atoms with Gasteiger partial charge in [0, 0.05) is 10.8 Å². The average Bonchev–Trinajstić information content (AvgIpc) is 3.24. The molecule has 0 unspecified atom stereocenters. The van der Waals surface area contributed by atoms with Crippen molar-refractivity contribution >= 4 is 61.2 Å². The van der Waals surface area contributed by atoms with Crippen LogP contribution in [0.2, 0.25) is 0 Å². The van der Waals surface area contributed by atoms with E-state index in [1.165, 1.54) is 0 Å². The van der Waals surface area contributed by atoms with Gasteiger partial charge in [0.25, 0.3) is 0 Å². The third-order valence-corrected chi connectivity index (χ3v) is 6.93. The fourth-order valence-corrected chi connectivity index (χ4v) is 5.79. The molecule has 0 N–H and O–H groups in total. The second-order valence-electron chi connectivity index (χ2n) is 6.00. The molecular weight excluding hydrogens is 396 g/mol. The van der Waals surface area contributed by atoms with Gasteiger partial charge < -0.3 is 9.47 Å². The molecule has 0 saturated heterocycles. The van der Waals surface area contributed by atoms with Crippen LogP contribution in [0.25, 0.3) is 25.8 Å². The van der Waals surface area contributed by atoms with Gasteiger partial charge in [-0.05, 0) is 24.6 Å². The van der Waals surface area contributed by atoms with Crippen molar-refractivity contribution in [3.63, 3.8) is 0 Å². The molecule has 0 radical (unpaired) electrons. The molecule has 1 aliphatic rings. The minimum absolute atomic E-state index is 0.102. The summed E-state index contributed by atoms with van der Waals surface area (Å²) in [4.78, 5) is 38.2. The normalized spacial score (nSPS) is 14.3. The molecule has 0 aromatic heterocycles. The summed E-state index contributed by atoms with van der Waals surface area (Å²) < 4.78 is 10.8. The van der Waals surface area contributed by atoms with Gasteiger partial charge in [0.2, 0.25) is 0 Å². The predicted molar refractivity (Wildman–Crippen MR) is 113 cm³/mol. The number of benzene rings is 2. The molecule has 3 aromatic carbocycles. The van der Waals surface area contributed by atoms with Crippen LogP contribution in [0.3, 0.4) is 0 Å². The van der Waals surface area contributed by atoms with Crippen LogP contribution in [0.15, 0.2) is 51.0 Å². The number of esters is 2. The first kappa shape index (κ1) is 18.8. The predicted octanol–water partition coefficient (Wildman–Crippen LogP) is 3.39. The highest BCUT2D eigenvalue weighted by molar-refractivity contribution is 8.36. The van der Waals surface area contributed by atoms with Gasteiger partial charge in [-0.2, -0.15) is 0 Å². The number of carbonyl (C=O) groups is 2. The molecule has 3 aromatic rings. The highest BCUT2D eigenvalue weighted by atomic mass is 32.2. The maximum absolute atomic E-state index is 13.1. The Kier molecular flexibility index (Phi) is 5.03. The maximum atomic E-state index is 13.1. The number of ether oxygens (including phenoxy) is 2. The maximum Gasteiger partial charge on any atom is 0.346 e. The van der Waals surface area contributed by atoms with Crippen LogP contribution in [0, 0.1) is 0 Å². The van der Waals surface area contributed by atoms with Gasteiger partial charge in [0.05, 0.1) is 22.7 Å². The van der Waals surface area contributed by atoms with Crippen molar-refractivity contribution in [3.05, 3.63) is 61.7 Å². The second kappa shape index (κ2) is 7.48. The van der Waals surface area contributed by atoms with Gasteiger partial charge >= 0.3 is 11.9 Å². The van der Waals surface area contributed by atoms with Crippen molar-refractivity contribution in [2.45, 2.75) is 13.8 Å². The summed E-state index contributed by atoms with van der Waals surface area (Å²) in [6, 6.07) is 11.4. The smallest absolute Gasteiger partial charge is 0.346 e. The zero-order valence-corrected chi connectivity index (χ0v) is 16.9. The molecule has 28 heavy (non-hydrogen) atoms. The van der Waals surface area contributed by atoms with E-state index in [1.807, 2.05) is 30.3 Å². The average molecular weight is 412 g/mol. The Morgan fingerprint density at radius 3 is 1.93 bits per heavy atom. The Morgan fingerprint density at radius 1 is 0.857 bits per heavy atom. The molecule has 1 heterocycles. The molecule has 0 saturated carbocycles. The van der Waals surface area contributed by atoms with E-state index in [2.05, 4.69) is 0 Å². The molecule has 0 spiro atoms. The Balaban J connectivity index is 1.94. The van der Waals surface area contributed by atoms with E-state index in [-0.39, 0.29) is 28.5 Å². The molecular formula is C21H16O5S2. The largest absolute Gasteiger partial charge is 0.462 e. The van der Waals surface area contributed by atoms with Crippen molar-refractivity contribution in [1.82, 2.24) is 0 Å². The Bertz CT molecular complexity index is 1210. The summed E-state index contributed by atoms with van der Waals surface area (Å²) in [5.74, 6) is -1.17. The third-order valence-electron chi connectivity index (χ3n) is 4.37. The number of carbonyl (C=O) groups excluding carboxylic acids is 2. The van der Waals surface area contributed by atoms with E-state index >= 15 is 0 Å². The zero-order chi connectivity index (χ0) is 19.8. The molecule has 1 aliphatic heterocycles. The number of hydrogen-bond donors (Lipinski definition) is 0. The summed E-state index contributed by atoms with van der Waals surface area (Å²) in [5, 5.41) is 3.86. The van der Waals surface area contributed by atoms with E-state index in [0.717, 1.165) is 39.7 Å². The summed E-state index contributed by atoms with van der Waals surface area (Å²) in [7, 11) is 0. The number of rotatable bonds is 4. The minimum atomic E-state index is -0.583.